The van der Waals surface area contributed by atoms with Crippen molar-refractivity contribution in [1.29, 1.82) is 0 Å². The Balaban J connectivity index is 2.23. The van der Waals surface area contributed by atoms with Crippen LogP contribution in [0.25, 0.3) is 11.2 Å². The van der Waals surface area contributed by atoms with E-state index in [1.807, 2.05) is 30.4 Å². The molecule has 0 saturated carbocycles. The molecule has 0 fully saturated rings. The van der Waals surface area contributed by atoms with Gasteiger partial charge in [-0.25, -0.2) is 4.98 Å². The van der Waals surface area contributed by atoms with Crippen molar-refractivity contribution in [3.63, 3.8) is 0 Å². The Kier molecular flexibility index (Phi) is 3.61. The standard InChI is InChI=1S/C11H19N5S/c1-8-9-10(15(2)14-8)16(11(12)13-9)6-4-5-7-17-3/h4-7H2,1-3H3,(H2,12,13). The van der Waals surface area contributed by atoms with Crippen LogP contribution >= 0.6 is 11.8 Å². The molecule has 0 amide bonds. The fraction of sp³-hybridized carbons (Fsp3) is 0.636. The smallest absolute Gasteiger partial charge is 0.202 e. The number of nitrogens with zero attached hydrogens (tertiary/aromatic N) is 4. The molecule has 0 unspecified atom stereocenters. The molecule has 2 aromatic rings. The van der Waals surface area contributed by atoms with Gasteiger partial charge >= 0.3 is 0 Å². The fourth-order valence-electron chi connectivity index (χ4n) is 2.09. The first kappa shape index (κ1) is 12.3. The molecular weight excluding hydrogens is 234 g/mol. The lowest BCUT2D eigenvalue weighted by Gasteiger charge is -2.06. The third-order valence-electron chi connectivity index (χ3n) is 2.90. The van der Waals surface area contributed by atoms with Crippen molar-refractivity contribution in [3.8, 4) is 0 Å². The number of imidazole rings is 1. The van der Waals surface area contributed by atoms with Crippen LogP contribution in [0.3, 0.4) is 0 Å². The van der Waals surface area contributed by atoms with Crippen LogP contribution in [0, 0.1) is 6.92 Å². The number of aromatic nitrogens is 4. The van der Waals surface area contributed by atoms with Crippen molar-refractivity contribution >= 4 is 28.9 Å². The van der Waals surface area contributed by atoms with Crippen LogP contribution in [-0.2, 0) is 13.6 Å². The zero-order valence-electron chi connectivity index (χ0n) is 10.6. The molecule has 0 bridgehead atoms. The van der Waals surface area contributed by atoms with Crippen molar-refractivity contribution in [2.75, 3.05) is 17.7 Å². The van der Waals surface area contributed by atoms with Crippen LogP contribution in [0.5, 0.6) is 0 Å². The van der Waals surface area contributed by atoms with Crippen molar-refractivity contribution < 1.29 is 0 Å². The second kappa shape index (κ2) is 5.00. The van der Waals surface area contributed by atoms with Gasteiger partial charge in [-0.3, -0.25) is 9.25 Å². The molecule has 0 aliphatic carbocycles. The first-order chi connectivity index (χ1) is 8.15. The zero-order chi connectivity index (χ0) is 12.4. The molecule has 2 N–H and O–H groups in total. The molecule has 17 heavy (non-hydrogen) atoms. The highest BCUT2D eigenvalue weighted by atomic mass is 32.2. The number of nitrogen functional groups attached to an aromatic ring is 1. The Morgan fingerprint density at radius 3 is 2.82 bits per heavy atom. The van der Waals surface area contributed by atoms with Crippen LogP contribution < -0.4 is 5.73 Å². The molecule has 0 saturated heterocycles. The van der Waals surface area contributed by atoms with Gasteiger partial charge in [0.25, 0.3) is 0 Å². The summed E-state index contributed by atoms with van der Waals surface area (Å²) in [5.74, 6) is 1.79. The van der Waals surface area contributed by atoms with Gasteiger partial charge < -0.3 is 5.73 Å². The number of rotatable bonds is 5. The first-order valence-corrected chi connectivity index (χ1v) is 7.18. The number of hydrogen-bond donors (Lipinski definition) is 1. The van der Waals surface area contributed by atoms with E-state index in [1.54, 1.807) is 0 Å². The number of thioether (sulfide) groups is 1. The lowest BCUT2D eigenvalue weighted by atomic mass is 10.3. The second-order valence-corrected chi connectivity index (χ2v) is 5.19. The van der Waals surface area contributed by atoms with Crippen molar-refractivity contribution in [3.05, 3.63) is 5.69 Å². The summed E-state index contributed by atoms with van der Waals surface area (Å²) < 4.78 is 3.93. The molecule has 0 radical (unpaired) electrons. The number of hydrogen-bond acceptors (Lipinski definition) is 4. The highest BCUT2D eigenvalue weighted by Gasteiger charge is 2.14. The molecule has 2 heterocycles. The van der Waals surface area contributed by atoms with Gasteiger partial charge in [-0.05, 0) is 31.8 Å². The number of aryl methyl sites for hydroxylation is 3. The van der Waals surface area contributed by atoms with E-state index in [0.717, 1.165) is 29.8 Å². The third kappa shape index (κ3) is 2.26. The third-order valence-corrected chi connectivity index (χ3v) is 3.60. The Hall–Kier alpha value is -1.17. The molecule has 0 aliphatic rings. The van der Waals surface area contributed by atoms with E-state index in [0.29, 0.717) is 5.95 Å². The Morgan fingerprint density at radius 2 is 2.12 bits per heavy atom. The highest BCUT2D eigenvalue weighted by molar-refractivity contribution is 7.98. The van der Waals surface area contributed by atoms with Gasteiger partial charge in [-0.15, -0.1) is 0 Å². The normalized spacial score (nSPS) is 11.5. The van der Waals surface area contributed by atoms with E-state index >= 15 is 0 Å². The van der Waals surface area contributed by atoms with Crippen molar-refractivity contribution in [2.45, 2.75) is 26.3 Å². The monoisotopic (exact) mass is 253 g/mol. The van der Waals surface area contributed by atoms with E-state index in [9.17, 15) is 0 Å². The summed E-state index contributed by atoms with van der Waals surface area (Å²) >= 11 is 1.88. The fourth-order valence-corrected chi connectivity index (χ4v) is 2.58. The minimum absolute atomic E-state index is 0.597. The number of nitrogens with two attached hydrogens (primary N) is 1. The molecule has 2 rings (SSSR count). The SMILES string of the molecule is CSCCCCn1c(N)nc2c(C)nn(C)c21. The maximum atomic E-state index is 5.96. The average molecular weight is 253 g/mol. The molecule has 6 heteroatoms. The molecule has 5 nitrogen and oxygen atoms in total. The topological polar surface area (TPSA) is 61.7 Å². The maximum absolute atomic E-state index is 5.96. The van der Waals surface area contributed by atoms with Crippen molar-refractivity contribution in [2.24, 2.45) is 7.05 Å². The lowest BCUT2D eigenvalue weighted by molar-refractivity contribution is 0.633. The van der Waals surface area contributed by atoms with Crippen LogP contribution in [0.2, 0.25) is 0 Å². The predicted molar refractivity (Wildman–Crippen MR) is 73.3 cm³/mol. The van der Waals surface area contributed by atoms with Crippen LogP contribution in [0.15, 0.2) is 0 Å². The second-order valence-electron chi connectivity index (χ2n) is 4.20. The first-order valence-electron chi connectivity index (χ1n) is 5.79. The van der Waals surface area contributed by atoms with Gasteiger partial charge in [0.15, 0.2) is 5.65 Å². The van der Waals surface area contributed by atoms with Gasteiger partial charge in [-0.2, -0.15) is 16.9 Å². The summed E-state index contributed by atoms with van der Waals surface area (Å²) in [5.41, 5.74) is 8.85. The number of fused-ring (bicyclic) bond motifs is 1. The van der Waals surface area contributed by atoms with Gasteiger partial charge in [-0.1, -0.05) is 0 Å². The zero-order valence-corrected chi connectivity index (χ0v) is 11.4. The van der Waals surface area contributed by atoms with E-state index < -0.39 is 0 Å². The minimum atomic E-state index is 0.597. The predicted octanol–water partition coefficient (Wildman–Crippen LogP) is 1.80. The van der Waals surface area contributed by atoms with E-state index in [-0.39, 0.29) is 0 Å². The minimum Gasteiger partial charge on any atom is -0.369 e. The average Bonchev–Trinajstić information content (AvgIpc) is 2.74. The quantitative estimate of drug-likeness (QED) is 0.825. The summed E-state index contributed by atoms with van der Waals surface area (Å²) in [6.45, 7) is 2.88. The molecule has 94 valence electrons. The van der Waals surface area contributed by atoms with Crippen molar-refractivity contribution in [1.82, 2.24) is 19.3 Å². The van der Waals surface area contributed by atoms with Crippen LogP contribution in [-0.4, -0.2) is 31.3 Å². The number of anilines is 1. The summed E-state index contributed by atoms with van der Waals surface area (Å²) in [6, 6.07) is 0. The van der Waals surface area contributed by atoms with Crippen LogP contribution in [0.1, 0.15) is 18.5 Å². The van der Waals surface area contributed by atoms with E-state index in [1.165, 1.54) is 12.2 Å². The molecule has 0 spiro atoms. The molecular formula is C11H19N5S. The number of unbranched alkanes of at least 4 members (excludes halogenated alkanes) is 1. The van der Waals surface area contributed by atoms with Gasteiger partial charge in [0.05, 0.1) is 5.69 Å². The summed E-state index contributed by atoms with van der Waals surface area (Å²) in [4.78, 5) is 4.38. The van der Waals surface area contributed by atoms with Gasteiger partial charge in [0.1, 0.15) is 5.52 Å². The molecule has 2 aromatic heterocycles. The molecule has 0 aromatic carbocycles. The van der Waals surface area contributed by atoms with Gasteiger partial charge in [0, 0.05) is 13.6 Å². The Labute approximate surface area is 105 Å². The lowest BCUT2D eigenvalue weighted by Crippen LogP contribution is -2.07. The largest absolute Gasteiger partial charge is 0.369 e. The van der Waals surface area contributed by atoms with E-state index in [4.69, 9.17) is 5.73 Å². The summed E-state index contributed by atoms with van der Waals surface area (Å²) in [5, 5.41) is 4.37. The highest BCUT2D eigenvalue weighted by Crippen LogP contribution is 2.20. The summed E-state index contributed by atoms with van der Waals surface area (Å²) in [7, 11) is 1.94. The van der Waals surface area contributed by atoms with Crippen LogP contribution in [0.4, 0.5) is 5.95 Å². The molecule has 0 atom stereocenters. The Bertz CT molecular complexity index is 513. The van der Waals surface area contributed by atoms with E-state index in [2.05, 4.69) is 20.9 Å². The molecule has 0 aliphatic heterocycles. The van der Waals surface area contributed by atoms with Gasteiger partial charge in [0.2, 0.25) is 5.95 Å². The summed E-state index contributed by atoms with van der Waals surface area (Å²) in [6.07, 6.45) is 4.46. The Morgan fingerprint density at radius 1 is 1.35 bits per heavy atom. The maximum Gasteiger partial charge on any atom is 0.202 e.